The van der Waals surface area contributed by atoms with Gasteiger partial charge in [0, 0.05) is 23.6 Å². The van der Waals surface area contributed by atoms with Gasteiger partial charge >= 0.3 is 5.97 Å². The van der Waals surface area contributed by atoms with Gasteiger partial charge < -0.3 is 15.0 Å². The molecule has 3 rings (SSSR count). The number of nitrogens with zero attached hydrogens (tertiary/aromatic N) is 1. The minimum atomic E-state index is -0.432. The van der Waals surface area contributed by atoms with Crippen LogP contribution in [0.4, 0.5) is 5.13 Å². The highest BCUT2D eigenvalue weighted by atomic mass is 32.1. The number of methoxy groups -OCH3 is 1. The average molecular weight is 361 g/mol. The maximum Gasteiger partial charge on any atom is 0.354 e. The fourth-order valence-electron chi connectivity index (χ4n) is 2.11. The first-order valence-electron chi connectivity index (χ1n) is 7.19. The van der Waals surface area contributed by atoms with Crippen LogP contribution in [0.15, 0.2) is 34.5 Å². The van der Waals surface area contributed by atoms with Gasteiger partial charge in [0.25, 0.3) is 0 Å². The average Bonchev–Trinajstić information content (AvgIpc) is 3.32. The number of aryl methyl sites for hydroxylation is 1. The van der Waals surface area contributed by atoms with E-state index in [9.17, 15) is 9.59 Å². The number of aromatic amines is 1. The minimum absolute atomic E-state index is 0.0635. The largest absolute Gasteiger partial charge is 0.464 e. The molecule has 24 heavy (non-hydrogen) atoms. The summed E-state index contributed by atoms with van der Waals surface area (Å²) in [5.74, 6) is -0.496. The van der Waals surface area contributed by atoms with Gasteiger partial charge in [0.05, 0.1) is 12.8 Å². The summed E-state index contributed by atoms with van der Waals surface area (Å²) in [6, 6.07) is 3.69. The molecule has 0 bridgehead atoms. The molecule has 0 aliphatic heterocycles. The molecule has 0 aliphatic rings. The maximum atomic E-state index is 12.0. The number of aromatic nitrogens is 2. The summed E-state index contributed by atoms with van der Waals surface area (Å²) in [5.41, 5.74) is 2.99. The molecule has 0 aromatic carbocycles. The van der Waals surface area contributed by atoms with Crippen LogP contribution >= 0.6 is 22.7 Å². The summed E-state index contributed by atoms with van der Waals surface area (Å²) in [6.07, 6.45) is 2.82. The number of rotatable bonds is 6. The van der Waals surface area contributed by atoms with Crippen LogP contribution in [0.3, 0.4) is 0 Å². The molecular weight excluding hydrogens is 346 g/mol. The third kappa shape index (κ3) is 3.90. The molecule has 6 nitrogen and oxygen atoms in total. The lowest BCUT2D eigenvalue weighted by molar-refractivity contribution is -0.116. The Morgan fingerprint density at radius 1 is 1.38 bits per heavy atom. The summed E-state index contributed by atoms with van der Waals surface area (Å²) < 4.78 is 4.66. The Balaban J connectivity index is 1.59. The number of hydrogen-bond donors (Lipinski definition) is 2. The molecule has 0 fully saturated rings. The quantitative estimate of drug-likeness (QED) is 0.658. The van der Waals surface area contributed by atoms with Crippen molar-refractivity contribution in [2.75, 3.05) is 12.4 Å². The minimum Gasteiger partial charge on any atom is -0.464 e. The van der Waals surface area contributed by atoms with Gasteiger partial charge in [0.2, 0.25) is 5.91 Å². The number of esters is 1. The number of ether oxygens (including phenoxy) is 1. The highest BCUT2D eigenvalue weighted by Gasteiger charge is 2.12. The fraction of sp³-hybridized carbons (Fsp3) is 0.188. The number of thiazole rings is 1. The van der Waals surface area contributed by atoms with E-state index in [1.165, 1.54) is 18.4 Å². The topological polar surface area (TPSA) is 84.1 Å². The lowest BCUT2D eigenvalue weighted by Crippen LogP contribution is -2.11. The Hall–Kier alpha value is -2.45. The molecule has 0 saturated carbocycles. The number of thiophene rings is 1. The first kappa shape index (κ1) is 16.4. The molecule has 3 aromatic heterocycles. The number of carbonyl (C=O) groups is 2. The molecule has 2 N–H and O–H groups in total. The molecule has 124 valence electrons. The summed E-state index contributed by atoms with van der Waals surface area (Å²) >= 11 is 2.97. The SMILES string of the molecule is COC(=O)c1cc(-c2csc(NC(=O)CCc3ccsc3)n2)c[nH]1. The van der Waals surface area contributed by atoms with Crippen molar-refractivity contribution in [1.82, 2.24) is 9.97 Å². The van der Waals surface area contributed by atoms with Crippen LogP contribution in [-0.4, -0.2) is 29.0 Å². The summed E-state index contributed by atoms with van der Waals surface area (Å²) in [6.45, 7) is 0. The van der Waals surface area contributed by atoms with E-state index in [0.717, 1.165) is 11.1 Å². The number of H-pyrrole nitrogens is 1. The smallest absolute Gasteiger partial charge is 0.354 e. The first-order valence-corrected chi connectivity index (χ1v) is 9.01. The molecule has 0 unspecified atom stereocenters. The van der Waals surface area contributed by atoms with Gasteiger partial charge in [-0.05, 0) is 34.9 Å². The third-order valence-corrected chi connectivity index (χ3v) is 4.85. The van der Waals surface area contributed by atoms with E-state index >= 15 is 0 Å². The predicted octanol–water partition coefficient (Wildman–Crippen LogP) is 3.56. The second-order valence-corrected chi connectivity index (χ2v) is 6.65. The number of amides is 1. The monoisotopic (exact) mass is 361 g/mol. The highest BCUT2D eigenvalue weighted by molar-refractivity contribution is 7.14. The van der Waals surface area contributed by atoms with Crippen molar-refractivity contribution < 1.29 is 14.3 Å². The van der Waals surface area contributed by atoms with Gasteiger partial charge in [-0.1, -0.05) is 0 Å². The number of nitrogens with one attached hydrogen (secondary N) is 2. The zero-order chi connectivity index (χ0) is 16.9. The summed E-state index contributed by atoms with van der Waals surface area (Å²) in [4.78, 5) is 30.7. The van der Waals surface area contributed by atoms with Crippen molar-refractivity contribution in [2.24, 2.45) is 0 Å². The van der Waals surface area contributed by atoms with Crippen LogP contribution < -0.4 is 5.32 Å². The third-order valence-electron chi connectivity index (χ3n) is 3.36. The van der Waals surface area contributed by atoms with E-state index in [4.69, 9.17) is 0 Å². The van der Waals surface area contributed by atoms with Gasteiger partial charge in [0.1, 0.15) is 5.69 Å². The molecule has 0 spiro atoms. The van der Waals surface area contributed by atoms with Crippen LogP contribution in [0.2, 0.25) is 0 Å². The zero-order valence-electron chi connectivity index (χ0n) is 12.9. The Kier molecular flexibility index (Phi) is 5.07. The highest BCUT2D eigenvalue weighted by Crippen LogP contribution is 2.25. The molecule has 0 radical (unpaired) electrons. The van der Waals surface area contributed by atoms with E-state index < -0.39 is 5.97 Å². The second kappa shape index (κ2) is 7.41. The zero-order valence-corrected chi connectivity index (χ0v) is 14.5. The summed E-state index contributed by atoms with van der Waals surface area (Å²) in [7, 11) is 1.33. The van der Waals surface area contributed by atoms with Crippen molar-refractivity contribution in [1.29, 1.82) is 0 Å². The van der Waals surface area contributed by atoms with E-state index in [-0.39, 0.29) is 5.91 Å². The van der Waals surface area contributed by atoms with E-state index in [0.29, 0.717) is 29.4 Å². The predicted molar refractivity (Wildman–Crippen MR) is 94.5 cm³/mol. The number of carbonyl (C=O) groups excluding carboxylic acids is 2. The lowest BCUT2D eigenvalue weighted by atomic mass is 10.2. The fourth-order valence-corrected chi connectivity index (χ4v) is 3.55. The van der Waals surface area contributed by atoms with Gasteiger partial charge in [-0.2, -0.15) is 11.3 Å². The molecule has 3 aromatic rings. The van der Waals surface area contributed by atoms with Crippen molar-refractivity contribution in [3.05, 3.63) is 45.7 Å². The Morgan fingerprint density at radius 3 is 3.00 bits per heavy atom. The number of anilines is 1. The normalized spacial score (nSPS) is 10.5. The van der Waals surface area contributed by atoms with Crippen LogP contribution in [-0.2, 0) is 16.0 Å². The van der Waals surface area contributed by atoms with E-state index in [2.05, 4.69) is 20.0 Å². The van der Waals surface area contributed by atoms with E-state index in [1.807, 2.05) is 22.2 Å². The van der Waals surface area contributed by atoms with Crippen LogP contribution in [0, 0.1) is 0 Å². The first-order chi connectivity index (χ1) is 11.7. The second-order valence-electron chi connectivity index (χ2n) is 5.01. The Morgan fingerprint density at radius 2 is 2.25 bits per heavy atom. The van der Waals surface area contributed by atoms with Crippen molar-refractivity contribution in [3.63, 3.8) is 0 Å². The molecule has 0 atom stereocenters. The van der Waals surface area contributed by atoms with Crippen LogP contribution in [0.5, 0.6) is 0 Å². The molecule has 8 heteroatoms. The molecule has 1 amide bonds. The molecular formula is C16H15N3O3S2. The van der Waals surface area contributed by atoms with Gasteiger partial charge in [0.15, 0.2) is 5.13 Å². The van der Waals surface area contributed by atoms with Crippen LogP contribution in [0.1, 0.15) is 22.5 Å². The molecule has 0 saturated heterocycles. The van der Waals surface area contributed by atoms with Crippen molar-refractivity contribution in [2.45, 2.75) is 12.8 Å². The van der Waals surface area contributed by atoms with Gasteiger partial charge in [-0.25, -0.2) is 9.78 Å². The maximum absolute atomic E-state index is 12.0. The Bertz CT molecular complexity index is 837. The Labute approximate surface area is 146 Å². The molecule has 3 heterocycles. The molecule has 0 aliphatic carbocycles. The van der Waals surface area contributed by atoms with Gasteiger partial charge in [-0.15, -0.1) is 11.3 Å². The number of hydrogen-bond acceptors (Lipinski definition) is 6. The summed E-state index contributed by atoms with van der Waals surface area (Å²) in [5, 5.41) is 9.22. The van der Waals surface area contributed by atoms with Gasteiger partial charge in [-0.3, -0.25) is 4.79 Å². The van der Waals surface area contributed by atoms with Crippen molar-refractivity contribution in [3.8, 4) is 11.3 Å². The van der Waals surface area contributed by atoms with Crippen molar-refractivity contribution >= 4 is 39.7 Å². The van der Waals surface area contributed by atoms with Crippen LogP contribution in [0.25, 0.3) is 11.3 Å². The lowest BCUT2D eigenvalue weighted by Gasteiger charge is -2.00. The van der Waals surface area contributed by atoms with E-state index in [1.54, 1.807) is 23.6 Å². The standard InChI is InChI=1S/C16H15N3O3S2/c1-22-15(21)12-6-11(7-17-12)13-9-24-16(18-13)19-14(20)3-2-10-4-5-23-8-10/h4-9,17H,2-3H2,1H3,(H,18,19,20).